The van der Waals surface area contributed by atoms with Crippen LogP contribution in [-0.2, 0) is 6.54 Å². The van der Waals surface area contributed by atoms with Crippen molar-refractivity contribution in [2.75, 3.05) is 0 Å². The van der Waals surface area contributed by atoms with E-state index < -0.39 is 0 Å². The Bertz CT molecular complexity index is 742. The summed E-state index contributed by atoms with van der Waals surface area (Å²) < 4.78 is 2.16. The van der Waals surface area contributed by atoms with E-state index in [-0.39, 0.29) is 0 Å². The average molecular weight is 222 g/mol. The van der Waals surface area contributed by atoms with Gasteiger partial charge in [0.1, 0.15) is 17.7 Å². The highest BCUT2D eigenvalue weighted by Crippen LogP contribution is 2.33. The lowest BCUT2D eigenvalue weighted by Crippen LogP contribution is -1.95. The van der Waals surface area contributed by atoms with Crippen molar-refractivity contribution in [1.29, 1.82) is 0 Å². The molecule has 0 fully saturated rings. The SMILES string of the molecule is Cc1ncnc2c1nc1n2Cc2ccccc2-1. The fraction of sp³-hybridized carbons (Fsp3) is 0.154. The zero-order valence-electron chi connectivity index (χ0n) is 9.38. The third kappa shape index (κ3) is 1.04. The first-order chi connectivity index (χ1) is 8.34. The molecule has 4 heteroatoms. The third-order valence-corrected chi connectivity index (χ3v) is 3.30. The van der Waals surface area contributed by atoms with Gasteiger partial charge in [-0.15, -0.1) is 0 Å². The van der Waals surface area contributed by atoms with Crippen molar-refractivity contribution in [3.63, 3.8) is 0 Å². The molecule has 3 aromatic rings. The molecular formula is C13H10N4. The Morgan fingerprint density at radius 2 is 2.06 bits per heavy atom. The van der Waals surface area contributed by atoms with Gasteiger partial charge in [0.25, 0.3) is 0 Å². The highest BCUT2D eigenvalue weighted by atomic mass is 15.2. The van der Waals surface area contributed by atoms with Crippen LogP contribution in [0, 0.1) is 6.92 Å². The van der Waals surface area contributed by atoms with E-state index in [9.17, 15) is 0 Å². The number of aryl methyl sites for hydroxylation is 1. The molecule has 0 amide bonds. The van der Waals surface area contributed by atoms with Gasteiger partial charge in [0.15, 0.2) is 5.65 Å². The molecule has 1 aliphatic rings. The molecule has 17 heavy (non-hydrogen) atoms. The summed E-state index contributed by atoms with van der Waals surface area (Å²) in [5.74, 6) is 1.01. The normalized spacial score (nSPS) is 12.8. The van der Waals surface area contributed by atoms with Gasteiger partial charge in [-0.2, -0.15) is 0 Å². The Labute approximate surface area is 98.0 Å². The Morgan fingerprint density at radius 3 is 3.00 bits per heavy atom. The summed E-state index contributed by atoms with van der Waals surface area (Å²) in [6.45, 7) is 2.83. The maximum absolute atomic E-state index is 4.67. The second kappa shape index (κ2) is 2.91. The van der Waals surface area contributed by atoms with Crippen LogP contribution in [0.2, 0.25) is 0 Å². The van der Waals surface area contributed by atoms with E-state index in [1.807, 2.05) is 13.0 Å². The van der Waals surface area contributed by atoms with Crippen LogP contribution < -0.4 is 0 Å². The Kier molecular flexibility index (Phi) is 1.52. The largest absolute Gasteiger partial charge is 0.304 e. The van der Waals surface area contributed by atoms with Crippen molar-refractivity contribution in [2.45, 2.75) is 13.5 Å². The number of nitrogens with zero attached hydrogens (tertiary/aromatic N) is 4. The van der Waals surface area contributed by atoms with Gasteiger partial charge in [0, 0.05) is 5.56 Å². The van der Waals surface area contributed by atoms with Crippen LogP contribution in [0.4, 0.5) is 0 Å². The van der Waals surface area contributed by atoms with Gasteiger partial charge in [0.05, 0.1) is 12.2 Å². The molecule has 1 aliphatic heterocycles. The number of hydrogen-bond donors (Lipinski definition) is 0. The molecule has 0 saturated heterocycles. The molecule has 1 aromatic carbocycles. The molecule has 4 rings (SSSR count). The summed E-state index contributed by atoms with van der Waals surface area (Å²) in [5.41, 5.74) is 5.31. The zero-order valence-corrected chi connectivity index (χ0v) is 9.38. The number of aromatic nitrogens is 4. The predicted octanol–water partition coefficient (Wildman–Crippen LogP) is 2.16. The van der Waals surface area contributed by atoms with Gasteiger partial charge in [0.2, 0.25) is 0 Å². The van der Waals surface area contributed by atoms with Crippen molar-refractivity contribution in [3.05, 3.63) is 41.9 Å². The monoisotopic (exact) mass is 222 g/mol. The molecule has 0 spiro atoms. The van der Waals surface area contributed by atoms with Crippen LogP contribution in [0.15, 0.2) is 30.6 Å². The average Bonchev–Trinajstić information content (AvgIpc) is 2.87. The second-order valence-corrected chi connectivity index (χ2v) is 4.31. The first-order valence-electron chi connectivity index (χ1n) is 5.61. The maximum atomic E-state index is 4.67. The Balaban J connectivity index is 2.12. The molecule has 2 aromatic heterocycles. The van der Waals surface area contributed by atoms with Gasteiger partial charge in [-0.05, 0) is 12.5 Å². The number of benzene rings is 1. The van der Waals surface area contributed by atoms with Crippen molar-refractivity contribution >= 4 is 11.2 Å². The van der Waals surface area contributed by atoms with E-state index in [0.29, 0.717) is 0 Å². The molecule has 82 valence electrons. The lowest BCUT2D eigenvalue weighted by atomic mass is 10.1. The van der Waals surface area contributed by atoms with Crippen LogP contribution >= 0.6 is 0 Å². The predicted molar refractivity (Wildman–Crippen MR) is 64.6 cm³/mol. The minimum atomic E-state index is 0.860. The molecular weight excluding hydrogens is 212 g/mol. The number of imidazole rings is 1. The first kappa shape index (κ1) is 8.87. The zero-order chi connectivity index (χ0) is 11.4. The third-order valence-electron chi connectivity index (χ3n) is 3.30. The van der Waals surface area contributed by atoms with Crippen molar-refractivity contribution in [1.82, 2.24) is 19.5 Å². The van der Waals surface area contributed by atoms with E-state index in [4.69, 9.17) is 0 Å². The molecule has 0 bridgehead atoms. The van der Waals surface area contributed by atoms with Crippen molar-refractivity contribution < 1.29 is 0 Å². The molecule has 0 radical (unpaired) electrons. The molecule has 3 heterocycles. The fourth-order valence-corrected chi connectivity index (χ4v) is 2.45. The first-order valence-corrected chi connectivity index (χ1v) is 5.61. The van der Waals surface area contributed by atoms with Gasteiger partial charge in [-0.25, -0.2) is 15.0 Å². The smallest absolute Gasteiger partial charge is 0.164 e. The highest BCUT2D eigenvalue weighted by molar-refractivity contribution is 5.81. The molecule has 0 aliphatic carbocycles. The Hall–Kier alpha value is -2.23. The lowest BCUT2D eigenvalue weighted by Gasteiger charge is -1.98. The van der Waals surface area contributed by atoms with E-state index in [1.165, 1.54) is 11.1 Å². The molecule has 0 N–H and O–H groups in total. The highest BCUT2D eigenvalue weighted by Gasteiger charge is 2.23. The molecule has 0 saturated carbocycles. The maximum Gasteiger partial charge on any atom is 0.164 e. The molecule has 0 unspecified atom stereocenters. The van der Waals surface area contributed by atoms with Crippen LogP contribution in [0.1, 0.15) is 11.3 Å². The molecule has 0 atom stereocenters. The second-order valence-electron chi connectivity index (χ2n) is 4.31. The van der Waals surface area contributed by atoms with E-state index >= 15 is 0 Å². The summed E-state index contributed by atoms with van der Waals surface area (Å²) in [6, 6.07) is 8.37. The summed E-state index contributed by atoms with van der Waals surface area (Å²) in [7, 11) is 0. The van der Waals surface area contributed by atoms with Gasteiger partial charge < -0.3 is 4.57 Å². The number of fused-ring (bicyclic) bond motifs is 5. The number of hydrogen-bond acceptors (Lipinski definition) is 3. The summed E-state index contributed by atoms with van der Waals surface area (Å²) in [6.07, 6.45) is 1.61. The van der Waals surface area contributed by atoms with Crippen LogP contribution in [0.25, 0.3) is 22.6 Å². The fourth-order valence-electron chi connectivity index (χ4n) is 2.45. The van der Waals surface area contributed by atoms with Crippen molar-refractivity contribution in [2.24, 2.45) is 0 Å². The van der Waals surface area contributed by atoms with Crippen LogP contribution in [0.5, 0.6) is 0 Å². The van der Waals surface area contributed by atoms with Crippen molar-refractivity contribution in [3.8, 4) is 11.4 Å². The quantitative estimate of drug-likeness (QED) is 0.458. The molecule has 4 nitrogen and oxygen atoms in total. The minimum absolute atomic E-state index is 0.860. The van der Waals surface area contributed by atoms with E-state index in [2.05, 4.69) is 37.7 Å². The summed E-state index contributed by atoms with van der Waals surface area (Å²) in [5, 5.41) is 0. The lowest BCUT2D eigenvalue weighted by molar-refractivity contribution is 0.863. The van der Waals surface area contributed by atoms with E-state index in [1.54, 1.807) is 6.33 Å². The summed E-state index contributed by atoms with van der Waals surface area (Å²) in [4.78, 5) is 13.2. The van der Waals surface area contributed by atoms with Gasteiger partial charge in [-0.1, -0.05) is 24.3 Å². The van der Waals surface area contributed by atoms with Crippen LogP contribution in [-0.4, -0.2) is 19.5 Å². The van der Waals surface area contributed by atoms with Gasteiger partial charge >= 0.3 is 0 Å². The van der Waals surface area contributed by atoms with E-state index in [0.717, 1.165) is 29.2 Å². The topological polar surface area (TPSA) is 43.6 Å². The standard InChI is InChI=1S/C13H10N4/c1-8-11-13(15-7-14-8)17-6-9-4-2-3-5-10(9)12(17)16-11/h2-5,7H,6H2,1H3. The minimum Gasteiger partial charge on any atom is -0.304 e. The summed E-state index contributed by atoms with van der Waals surface area (Å²) >= 11 is 0. The Morgan fingerprint density at radius 1 is 1.18 bits per heavy atom. The van der Waals surface area contributed by atoms with Crippen LogP contribution in [0.3, 0.4) is 0 Å². The number of rotatable bonds is 0. The van der Waals surface area contributed by atoms with Gasteiger partial charge in [-0.3, -0.25) is 0 Å².